The Morgan fingerprint density at radius 1 is 1.28 bits per heavy atom. The molecule has 1 spiro atoms. The van der Waals surface area contributed by atoms with E-state index in [1.54, 1.807) is 11.0 Å². The molecule has 3 heterocycles. The summed E-state index contributed by atoms with van der Waals surface area (Å²) in [5.74, 6) is -3.81. The quantitative estimate of drug-likeness (QED) is 0.454. The summed E-state index contributed by atoms with van der Waals surface area (Å²) >= 11 is 0. The first-order valence-corrected chi connectivity index (χ1v) is 13.0. The van der Waals surface area contributed by atoms with Gasteiger partial charge in [0.25, 0.3) is 0 Å². The third-order valence-corrected chi connectivity index (χ3v) is 8.66. The standard InChI is InChI=1S/C28H38N2O6/c1-5-11-18(4)29(16-6-2)25(33)23-28-15-14-27(7-3,36-28)22(26(34)35)21(28)24(32)30(23)20(17-31)19-12-9-8-10-13-19/h6,8-10,12-13,18,20-23,31H,2,5,7,11,14-17H2,1,3-4H3,(H,34,35)/t18?,20-,21+,22+,23?,27-,28?/m1/s1. The summed E-state index contributed by atoms with van der Waals surface area (Å²) in [6.45, 7) is 9.64. The molecule has 0 aliphatic carbocycles. The van der Waals surface area contributed by atoms with Crippen molar-refractivity contribution in [2.24, 2.45) is 11.8 Å². The largest absolute Gasteiger partial charge is 0.481 e. The summed E-state index contributed by atoms with van der Waals surface area (Å²) in [6, 6.07) is 7.15. The zero-order valence-electron chi connectivity index (χ0n) is 21.4. The second-order valence-corrected chi connectivity index (χ2v) is 10.4. The van der Waals surface area contributed by atoms with E-state index in [9.17, 15) is 24.6 Å². The van der Waals surface area contributed by atoms with Crippen LogP contribution in [-0.2, 0) is 19.1 Å². The van der Waals surface area contributed by atoms with Crippen molar-refractivity contribution in [2.75, 3.05) is 13.2 Å². The number of benzene rings is 1. The fourth-order valence-electron chi connectivity index (χ4n) is 7.03. The number of aliphatic hydroxyl groups is 1. The van der Waals surface area contributed by atoms with Gasteiger partial charge in [0.05, 0.1) is 24.2 Å². The van der Waals surface area contributed by atoms with Crippen LogP contribution in [0.3, 0.4) is 0 Å². The maximum Gasteiger partial charge on any atom is 0.310 e. The Kier molecular flexibility index (Phi) is 7.30. The van der Waals surface area contributed by atoms with Crippen molar-refractivity contribution in [1.82, 2.24) is 9.80 Å². The summed E-state index contributed by atoms with van der Waals surface area (Å²) in [6.07, 6.45) is 4.66. The van der Waals surface area contributed by atoms with Crippen molar-refractivity contribution in [1.29, 1.82) is 0 Å². The van der Waals surface area contributed by atoms with Crippen molar-refractivity contribution < 1.29 is 29.3 Å². The van der Waals surface area contributed by atoms with Crippen LogP contribution >= 0.6 is 0 Å². The van der Waals surface area contributed by atoms with Gasteiger partial charge in [-0.3, -0.25) is 14.4 Å². The monoisotopic (exact) mass is 498 g/mol. The van der Waals surface area contributed by atoms with Gasteiger partial charge in [0, 0.05) is 12.6 Å². The lowest BCUT2D eigenvalue weighted by Gasteiger charge is -2.41. The van der Waals surface area contributed by atoms with Gasteiger partial charge in [0.15, 0.2) is 0 Å². The molecule has 3 aliphatic rings. The molecule has 2 bridgehead atoms. The highest BCUT2D eigenvalue weighted by Crippen LogP contribution is 2.65. The van der Waals surface area contributed by atoms with Gasteiger partial charge < -0.3 is 24.7 Å². The number of aliphatic hydroxyl groups excluding tert-OH is 1. The van der Waals surface area contributed by atoms with Crippen LogP contribution in [0.4, 0.5) is 0 Å². The summed E-state index contributed by atoms with van der Waals surface area (Å²) in [7, 11) is 0. The smallest absolute Gasteiger partial charge is 0.310 e. The Morgan fingerprint density at radius 3 is 2.53 bits per heavy atom. The van der Waals surface area contributed by atoms with E-state index in [4.69, 9.17) is 4.74 Å². The maximum absolute atomic E-state index is 14.4. The zero-order chi connectivity index (χ0) is 26.3. The van der Waals surface area contributed by atoms with Gasteiger partial charge in [-0.05, 0) is 38.2 Å². The highest BCUT2D eigenvalue weighted by atomic mass is 16.5. The molecule has 36 heavy (non-hydrogen) atoms. The molecule has 196 valence electrons. The SMILES string of the molecule is C=CCN(C(=O)C1N([C@H](CO)c2ccccc2)C(=O)[C@@H]2[C@@H](C(=O)O)[C@@]3(CC)CCC12O3)C(C)CCC. The highest BCUT2D eigenvalue weighted by Gasteiger charge is 2.79. The lowest BCUT2D eigenvalue weighted by Crippen LogP contribution is -2.58. The minimum atomic E-state index is -1.25. The Hall–Kier alpha value is -2.71. The van der Waals surface area contributed by atoms with Crippen LogP contribution in [0.2, 0.25) is 0 Å². The van der Waals surface area contributed by atoms with E-state index in [0.29, 0.717) is 31.4 Å². The second-order valence-electron chi connectivity index (χ2n) is 10.4. The van der Waals surface area contributed by atoms with Gasteiger partial charge in [0.2, 0.25) is 11.8 Å². The molecule has 8 nitrogen and oxygen atoms in total. The molecule has 4 rings (SSSR count). The molecule has 2 amide bonds. The molecule has 3 unspecified atom stereocenters. The van der Waals surface area contributed by atoms with E-state index in [1.165, 1.54) is 4.90 Å². The van der Waals surface area contributed by atoms with Gasteiger partial charge in [-0.15, -0.1) is 6.58 Å². The molecular formula is C28H38N2O6. The Balaban J connectivity index is 1.88. The van der Waals surface area contributed by atoms with E-state index in [1.807, 2.05) is 44.2 Å². The van der Waals surface area contributed by atoms with Crippen LogP contribution in [0, 0.1) is 11.8 Å². The van der Waals surface area contributed by atoms with Gasteiger partial charge in [-0.2, -0.15) is 0 Å². The molecule has 0 saturated carbocycles. The molecule has 8 heteroatoms. The minimum absolute atomic E-state index is 0.105. The third-order valence-electron chi connectivity index (χ3n) is 8.66. The van der Waals surface area contributed by atoms with Crippen LogP contribution in [-0.4, -0.2) is 74.2 Å². The lowest BCUT2D eigenvalue weighted by molar-refractivity contribution is -0.161. The highest BCUT2D eigenvalue weighted by molar-refractivity contribution is 5.98. The summed E-state index contributed by atoms with van der Waals surface area (Å²) in [4.78, 5) is 44.3. The number of fused-ring (bicyclic) bond motifs is 1. The maximum atomic E-state index is 14.4. The number of carboxylic acids is 1. The number of hydrogen-bond acceptors (Lipinski definition) is 5. The van der Waals surface area contributed by atoms with Crippen LogP contribution in [0.15, 0.2) is 43.0 Å². The molecule has 2 N–H and O–H groups in total. The van der Waals surface area contributed by atoms with Crippen molar-refractivity contribution >= 4 is 17.8 Å². The summed E-state index contributed by atoms with van der Waals surface area (Å²) in [5, 5.41) is 20.8. The first-order chi connectivity index (χ1) is 17.2. The number of carbonyl (C=O) groups is 3. The van der Waals surface area contributed by atoms with E-state index in [-0.39, 0.29) is 11.9 Å². The third kappa shape index (κ3) is 3.77. The van der Waals surface area contributed by atoms with Crippen LogP contribution in [0.25, 0.3) is 0 Å². The normalized spacial score (nSPS) is 32.3. The Bertz CT molecular complexity index is 1010. The molecule has 7 atom stereocenters. The zero-order valence-corrected chi connectivity index (χ0v) is 21.4. The van der Waals surface area contributed by atoms with Crippen molar-refractivity contribution in [3.05, 3.63) is 48.6 Å². The summed E-state index contributed by atoms with van der Waals surface area (Å²) < 4.78 is 6.63. The van der Waals surface area contributed by atoms with Crippen LogP contribution in [0.1, 0.15) is 64.5 Å². The van der Waals surface area contributed by atoms with Crippen molar-refractivity contribution in [3.63, 3.8) is 0 Å². The van der Waals surface area contributed by atoms with E-state index in [0.717, 1.165) is 12.8 Å². The minimum Gasteiger partial charge on any atom is -0.481 e. The topological polar surface area (TPSA) is 107 Å². The van der Waals surface area contributed by atoms with Crippen molar-refractivity contribution in [3.8, 4) is 0 Å². The molecule has 0 aromatic heterocycles. The number of ether oxygens (including phenoxy) is 1. The average molecular weight is 499 g/mol. The molecule has 1 aromatic carbocycles. The number of carbonyl (C=O) groups excluding carboxylic acids is 2. The predicted octanol–water partition coefficient (Wildman–Crippen LogP) is 3.16. The number of aliphatic carboxylic acids is 1. The first kappa shape index (κ1) is 26.4. The molecule has 3 fully saturated rings. The number of likely N-dealkylation sites (tertiary alicyclic amines) is 1. The fourth-order valence-corrected chi connectivity index (χ4v) is 7.03. The van der Waals surface area contributed by atoms with Crippen LogP contribution < -0.4 is 0 Å². The molecule has 0 radical (unpaired) electrons. The van der Waals surface area contributed by atoms with Gasteiger partial charge >= 0.3 is 5.97 Å². The molecular weight excluding hydrogens is 460 g/mol. The Labute approximate surface area is 212 Å². The van der Waals surface area contributed by atoms with Crippen molar-refractivity contribution in [2.45, 2.75) is 82.2 Å². The molecule has 3 aliphatic heterocycles. The van der Waals surface area contributed by atoms with Gasteiger partial charge in [-0.1, -0.05) is 56.7 Å². The number of amides is 2. The number of hydrogen-bond donors (Lipinski definition) is 2. The number of carboxylic acid groups (broad SMARTS) is 1. The fraction of sp³-hybridized carbons (Fsp3) is 0.607. The summed E-state index contributed by atoms with van der Waals surface area (Å²) in [5.41, 5.74) is -1.54. The lowest BCUT2D eigenvalue weighted by atomic mass is 9.65. The van der Waals surface area contributed by atoms with Crippen LogP contribution in [0.5, 0.6) is 0 Å². The van der Waals surface area contributed by atoms with E-state index in [2.05, 4.69) is 13.5 Å². The predicted molar refractivity (Wildman–Crippen MR) is 134 cm³/mol. The van der Waals surface area contributed by atoms with E-state index >= 15 is 0 Å². The Morgan fingerprint density at radius 2 is 1.97 bits per heavy atom. The van der Waals surface area contributed by atoms with E-state index < -0.39 is 53.6 Å². The number of nitrogens with zero attached hydrogens (tertiary/aromatic N) is 2. The molecule has 1 aromatic rings. The number of rotatable bonds is 11. The van der Waals surface area contributed by atoms with Gasteiger partial charge in [-0.25, -0.2) is 0 Å². The second kappa shape index (κ2) is 9.98. The van der Waals surface area contributed by atoms with Gasteiger partial charge in [0.1, 0.15) is 17.6 Å². The molecule has 3 saturated heterocycles. The first-order valence-electron chi connectivity index (χ1n) is 13.0. The average Bonchev–Trinajstić information content (AvgIpc) is 3.47.